The Morgan fingerprint density at radius 2 is 2.44 bits per heavy atom. The zero-order chi connectivity index (χ0) is 11.6. The van der Waals surface area contributed by atoms with E-state index in [0.29, 0.717) is 6.04 Å². The number of hydrogen-bond acceptors (Lipinski definition) is 5. The number of nitrogens with one attached hydrogen (secondary N) is 1. The third-order valence-corrected chi connectivity index (χ3v) is 4.21. The van der Waals surface area contributed by atoms with Gasteiger partial charge in [-0.15, -0.1) is 0 Å². The molecule has 90 valence electrons. The normalized spacial score (nSPS) is 29.6. The van der Waals surface area contributed by atoms with Gasteiger partial charge in [-0.05, 0) is 12.8 Å². The van der Waals surface area contributed by atoms with Gasteiger partial charge in [-0.25, -0.2) is 4.98 Å². The van der Waals surface area contributed by atoms with Crippen LogP contribution in [0.15, 0.2) is 0 Å². The monoisotopic (exact) mass is 241 g/mol. The molecule has 0 unspecified atom stereocenters. The van der Waals surface area contributed by atoms with Crippen LogP contribution in [0.3, 0.4) is 0 Å². The number of rotatable bonds is 4. The second kappa shape index (κ2) is 4.67. The topological polar surface area (TPSA) is 58.0 Å². The van der Waals surface area contributed by atoms with Gasteiger partial charge in [-0.3, -0.25) is 0 Å². The van der Waals surface area contributed by atoms with Crippen LogP contribution in [-0.4, -0.2) is 27.1 Å². The first-order valence-corrected chi connectivity index (χ1v) is 6.65. The van der Waals surface area contributed by atoms with Crippen molar-refractivity contribution in [3.05, 3.63) is 5.82 Å². The summed E-state index contributed by atoms with van der Waals surface area (Å²) in [7, 11) is 0. The van der Waals surface area contributed by atoms with Gasteiger partial charge in [0.2, 0.25) is 5.13 Å². The van der Waals surface area contributed by atoms with E-state index in [2.05, 4.69) is 28.5 Å². The molecule has 0 saturated heterocycles. The van der Waals surface area contributed by atoms with Crippen molar-refractivity contribution in [3.63, 3.8) is 0 Å². The zero-order valence-electron chi connectivity index (χ0n) is 9.86. The molecule has 5 heteroatoms. The SMILES string of the molecule is CCc1nsc(N[C@H]2CCC[C@@]2(C)CO)n1. The Labute approximate surface area is 100 Å². The fourth-order valence-corrected chi connectivity index (χ4v) is 2.98. The third kappa shape index (κ3) is 2.20. The van der Waals surface area contributed by atoms with Gasteiger partial charge >= 0.3 is 0 Å². The van der Waals surface area contributed by atoms with E-state index in [1.807, 2.05) is 0 Å². The van der Waals surface area contributed by atoms with Crippen molar-refractivity contribution in [2.75, 3.05) is 11.9 Å². The second-order valence-electron chi connectivity index (χ2n) is 4.77. The summed E-state index contributed by atoms with van der Waals surface area (Å²) in [5.74, 6) is 0.899. The van der Waals surface area contributed by atoms with Gasteiger partial charge in [-0.1, -0.05) is 20.3 Å². The van der Waals surface area contributed by atoms with Crippen LogP contribution in [0.5, 0.6) is 0 Å². The van der Waals surface area contributed by atoms with E-state index in [0.717, 1.165) is 30.2 Å². The van der Waals surface area contributed by atoms with Crippen LogP contribution >= 0.6 is 11.5 Å². The van der Waals surface area contributed by atoms with E-state index in [1.54, 1.807) is 0 Å². The van der Waals surface area contributed by atoms with E-state index < -0.39 is 0 Å². The highest BCUT2D eigenvalue weighted by molar-refractivity contribution is 7.09. The molecule has 0 spiro atoms. The standard InChI is InChI=1S/C11H19N3OS/c1-3-9-13-10(16-14-9)12-8-5-4-6-11(8,2)7-15/h8,15H,3-7H2,1-2H3,(H,12,13,14)/t8-,11-/m0/s1. The van der Waals surface area contributed by atoms with E-state index >= 15 is 0 Å². The molecule has 2 N–H and O–H groups in total. The molecular weight excluding hydrogens is 222 g/mol. The lowest BCUT2D eigenvalue weighted by Crippen LogP contribution is -2.36. The maximum Gasteiger partial charge on any atom is 0.202 e. The Hall–Kier alpha value is -0.680. The van der Waals surface area contributed by atoms with Crippen molar-refractivity contribution in [1.29, 1.82) is 0 Å². The predicted octanol–water partition coefficient (Wildman–Crippen LogP) is 2.06. The van der Waals surface area contributed by atoms with Gasteiger partial charge in [0.25, 0.3) is 0 Å². The van der Waals surface area contributed by atoms with Gasteiger partial charge in [-0.2, -0.15) is 4.37 Å². The molecule has 1 heterocycles. The Morgan fingerprint density at radius 3 is 3.06 bits per heavy atom. The van der Waals surface area contributed by atoms with Crippen LogP contribution in [-0.2, 0) is 6.42 Å². The average Bonchev–Trinajstić information content (AvgIpc) is 2.88. The van der Waals surface area contributed by atoms with Crippen molar-refractivity contribution in [3.8, 4) is 0 Å². The number of aryl methyl sites for hydroxylation is 1. The molecule has 0 radical (unpaired) electrons. The summed E-state index contributed by atoms with van der Waals surface area (Å²) in [5.41, 5.74) is -0.00194. The second-order valence-corrected chi connectivity index (χ2v) is 5.52. The van der Waals surface area contributed by atoms with Crippen LogP contribution in [0.4, 0.5) is 5.13 Å². The first kappa shape index (κ1) is 11.8. The zero-order valence-corrected chi connectivity index (χ0v) is 10.7. The first-order chi connectivity index (χ1) is 7.68. The highest BCUT2D eigenvalue weighted by atomic mass is 32.1. The molecule has 4 nitrogen and oxygen atoms in total. The smallest absolute Gasteiger partial charge is 0.202 e. The van der Waals surface area contributed by atoms with Gasteiger partial charge in [0.05, 0.1) is 6.61 Å². The number of aliphatic hydroxyl groups is 1. The van der Waals surface area contributed by atoms with Crippen LogP contribution in [0.25, 0.3) is 0 Å². The lowest BCUT2D eigenvalue weighted by molar-refractivity contribution is 0.139. The van der Waals surface area contributed by atoms with Crippen LogP contribution in [0.2, 0.25) is 0 Å². The molecule has 2 rings (SSSR count). The number of aliphatic hydroxyl groups excluding tert-OH is 1. The summed E-state index contributed by atoms with van der Waals surface area (Å²) in [5, 5.41) is 13.8. The lowest BCUT2D eigenvalue weighted by atomic mass is 9.86. The first-order valence-electron chi connectivity index (χ1n) is 5.88. The third-order valence-electron chi connectivity index (χ3n) is 3.53. The van der Waals surface area contributed by atoms with Crippen molar-refractivity contribution >= 4 is 16.7 Å². The minimum Gasteiger partial charge on any atom is -0.396 e. The number of hydrogen-bond donors (Lipinski definition) is 2. The van der Waals surface area contributed by atoms with Gasteiger partial charge in [0, 0.05) is 29.4 Å². The van der Waals surface area contributed by atoms with Crippen molar-refractivity contribution in [1.82, 2.24) is 9.36 Å². The van der Waals surface area contributed by atoms with Crippen LogP contribution < -0.4 is 5.32 Å². The predicted molar refractivity (Wildman–Crippen MR) is 65.7 cm³/mol. The number of anilines is 1. The van der Waals surface area contributed by atoms with Crippen molar-refractivity contribution in [2.45, 2.75) is 45.6 Å². The number of aromatic nitrogens is 2. The lowest BCUT2D eigenvalue weighted by Gasteiger charge is -2.29. The molecule has 1 aromatic rings. The molecule has 1 saturated carbocycles. The highest BCUT2D eigenvalue weighted by Crippen LogP contribution is 2.39. The summed E-state index contributed by atoms with van der Waals surface area (Å²) >= 11 is 1.42. The molecular formula is C11H19N3OS. The molecule has 0 aromatic carbocycles. The Bertz CT molecular complexity index is 355. The molecule has 2 atom stereocenters. The molecule has 1 aromatic heterocycles. The summed E-state index contributed by atoms with van der Waals surface area (Å²) < 4.78 is 4.26. The Morgan fingerprint density at radius 1 is 1.62 bits per heavy atom. The van der Waals surface area contributed by atoms with Crippen LogP contribution in [0.1, 0.15) is 38.9 Å². The van der Waals surface area contributed by atoms with Gasteiger partial charge in [0.1, 0.15) is 5.82 Å². The van der Waals surface area contributed by atoms with Gasteiger partial charge in [0.15, 0.2) is 0 Å². The van der Waals surface area contributed by atoms with Crippen molar-refractivity contribution in [2.24, 2.45) is 5.41 Å². The van der Waals surface area contributed by atoms with E-state index in [1.165, 1.54) is 18.0 Å². The fraction of sp³-hybridized carbons (Fsp3) is 0.818. The summed E-state index contributed by atoms with van der Waals surface area (Å²) in [6.45, 7) is 4.43. The molecule has 1 aliphatic carbocycles. The van der Waals surface area contributed by atoms with E-state index in [9.17, 15) is 5.11 Å². The molecule has 1 fully saturated rings. The average molecular weight is 241 g/mol. The summed E-state index contributed by atoms with van der Waals surface area (Å²) in [4.78, 5) is 4.41. The minimum absolute atomic E-state index is 0.00194. The number of nitrogens with zero attached hydrogens (tertiary/aromatic N) is 2. The Kier molecular flexibility index (Phi) is 3.44. The highest BCUT2D eigenvalue weighted by Gasteiger charge is 2.38. The molecule has 1 aliphatic rings. The largest absolute Gasteiger partial charge is 0.396 e. The van der Waals surface area contributed by atoms with Crippen molar-refractivity contribution < 1.29 is 5.11 Å². The Balaban J connectivity index is 2.03. The van der Waals surface area contributed by atoms with Gasteiger partial charge < -0.3 is 10.4 Å². The molecule has 0 aliphatic heterocycles. The minimum atomic E-state index is -0.00194. The molecule has 0 bridgehead atoms. The van der Waals surface area contributed by atoms with Crippen LogP contribution in [0, 0.1) is 5.41 Å². The van der Waals surface area contributed by atoms with E-state index in [-0.39, 0.29) is 12.0 Å². The summed E-state index contributed by atoms with van der Waals surface area (Å²) in [6.07, 6.45) is 4.24. The molecule has 0 amide bonds. The fourth-order valence-electron chi connectivity index (χ4n) is 2.27. The maximum atomic E-state index is 9.45. The maximum absolute atomic E-state index is 9.45. The summed E-state index contributed by atoms with van der Waals surface area (Å²) in [6, 6.07) is 0.329. The quantitative estimate of drug-likeness (QED) is 0.847. The van der Waals surface area contributed by atoms with E-state index in [4.69, 9.17) is 0 Å². The molecule has 16 heavy (non-hydrogen) atoms.